The first-order chi connectivity index (χ1) is 13.3. The molecule has 2 unspecified atom stereocenters. The minimum atomic E-state index is -1.70. The van der Waals surface area contributed by atoms with Crippen molar-refractivity contribution in [1.82, 2.24) is 0 Å². The van der Waals surface area contributed by atoms with Gasteiger partial charge in [-0.3, -0.25) is 0 Å². The Balaban J connectivity index is 0.00000128. The summed E-state index contributed by atoms with van der Waals surface area (Å²) in [7, 11) is -1.70. The van der Waals surface area contributed by atoms with Gasteiger partial charge in [0.05, 0.1) is 0 Å². The Bertz CT molecular complexity index is 967. The fourth-order valence-electron chi connectivity index (χ4n) is 6.20. The van der Waals surface area contributed by atoms with E-state index in [1.807, 2.05) is 10.4 Å². The van der Waals surface area contributed by atoms with Crippen LogP contribution < -0.4 is 24.8 Å². The molecule has 0 saturated carbocycles. The number of allylic oxidation sites excluding steroid dienone is 4. The first-order valence-corrected chi connectivity index (χ1v) is 16.6. The van der Waals surface area contributed by atoms with Gasteiger partial charge in [-0.25, -0.2) is 0 Å². The van der Waals surface area contributed by atoms with Gasteiger partial charge in [0.1, 0.15) is 0 Å². The standard InChI is InChI=1S/C26H30Si.2ClH.Zr/c1-17(2)25-21-13-9-7-11-19(21)15-23(25)27(5,6)24-16-20-12-8-10-14-22(20)26(24)18(3)4;;;/h7-18H,1-6H3;2*1H;/q;;;+2/p-2. The van der Waals surface area contributed by atoms with E-state index in [9.17, 15) is 0 Å². The van der Waals surface area contributed by atoms with Crippen molar-refractivity contribution < 1.29 is 48.0 Å². The van der Waals surface area contributed by atoms with Gasteiger partial charge in [0.25, 0.3) is 0 Å². The fourth-order valence-corrected chi connectivity index (χ4v) is 21.3. The molecule has 1 aliphatic heterocycles. The summed E-state index contributed by atoms with van der Waals surface area (Å²) in [5.41, 5.74) is 10.0. The van der Waals surface area contributed by atoms with E-state index in [1.165, 1.54) is 0 Å². The molecule has 5 rings (SSSR count). The fraction of sp³-hybridized carbons (Fsp3) is 0.385. The molecule has 0 spiro atoms. The SMILES string of the molecule is CC(C)C1=C2[CH]([Zr+2][CH]3C(=C(C(C)C)c4ccccc43)[Si]2(C)C)c2ccccc21.[Cl-].[Cl-]. The van der Waals surface area contributed by atoms with Crippen molar-refractivity contribution in [2.24, 2.45) is 11.8 Å². The van der Waals surface area contributed by atoms with E-state index < -0.39 is 31.3 Å². The molecular formula is C26H30Cl2SiZr. The third-order valence-corrected chi connectivity index (χ3v) is 16.9. The summed E-state index contributed by atoms with van der Waals surface area (Å²) in [6.45, 7) is 15.0. The van der Waals surface area contributed by atoms with Crippen molar-refractivity contribution in [3.05, 3.63) is 81.2 Å². The molecule has 0 N–H and O–H groups in total. The predicted octanol–water partition coefficient (Wildman–Crippen LogP) is 1.21. The van der Waals surface area contributed by atoms with Gasteiger partial charge in [-0.05, 0) is 0 Å². The van der Waals surface area contributed by atoms with Crippen LogP contribution in [0, 0.1) is 11.8 Å². The van der Waals surface area contributed by atoms with Gasteiger partial charge in [-0.2, -0.15) is 0 Å². The Morgan fingerprint density at radius 1 is 0.667 bits per heavy atom. The summed E-state index contributed by atoms with van der Waals surface area (Å²) in [6.07, 6.45) is 0. The van der Waals surface area contributed by atoms with Gasteiger partial charge in [0.2, 0.25) is 0 Å². The van der Waals surface area contributed by atoms with E-state index in [0.29, 0.717) is 11.8 Å². The maximum absolute atomic E-state index is 2.68. The third kappa shape index (κ3) is 3.24. The van der Waals surface area contributed by atoms with Crippen LogP contribution in [0.25, 0.3) is 11.1 Å². The van der Waals surface area contributed by atoms with Crippen LogP contribution in [-0.2, 0) is 23.2 Å². The Hall–Kier alpha value is -0.400. The molecule has 0 nitrogen and oxygen atoms in total. The van der Waals surface area contributed by atoms with Crippen LogP contribution in [0.4, 0.5) is 0 Å². The number of benzene rings is 2. The molecule has 2 atom stereocenters. The van der Waals surface area contributed by atoms with Gasteiger partial charge < -0.3 is 24.8 Å². The smallest absolute Gasteiger partial charge is 1.00 e. The van der Waals surface area contributed by atoms with E-state index in [-0.39, 0.29) is 24.8 Å². The second-order valence-electron chi connectivity index (χ2n) is 9.80. The summed E-state index contributed by atoms with van der Waals surface area (Å²) in [5, 5.41) is 3.85. The summed E-state index contributed by atoms with van der Waals surface area (Å²) in [4.78, 5) is 0. The van der Waals surface area contributed by atoms with Crippen LogP contribution in [0.15, 0.2) is 58.9 Å². The molecule has 0 radical (unpaired) electrons. The molecule has 0 aromatic heterocycles. The summed E-state index contributed by atoms with van der Waals surface area (Å²) >= 11 is -0.685. The monoisotopic (exact) mass is 530 g/mol. The van der Waals surface area contributed by atoms with Crippen LogP contribution in [0.3, 0.4) is 0 Å². The minimum absolute atomic E-state index is 0. The molecule has 3 aliphatic rings. The van der Waals surface area contributed by atoms with Crippen LogP contribution in [0.1, 0.15) is 57.2 Å². The van der Waals surface area contributed by atoms with E-state index in [0.717, 1.165) is 7.25 Å². The average molecular weight is 533 g/mol. The van der Waals surface area contributed by atoms with Crippen molar-refractivity contribution in [2.75, 3.05) is 0 Å². The molecular weight excluding hydrogens is 503 g/mol. The molecule has 1 heterocycles. The normalized spacial score (nSPS) is 22.4. The number of rotatable bonds is 2. The van der Waals surface area contributed by atoms with Crippen LogP contribution in [-0.4, -0.2) is 8.07 Å². The maximum atomic E-state index is 2.68. The van der Waals surface area contributed by atoms with Crippen molar-refractivity contribution in [1.29, 1.82) is 0 Å². The van der Waals surface area contributed by atoms with Gasteiger partial charge in [-0.1, -0.05) is 0 Å². The van der Waals surface area contributed by atoms with Crippen LogP contribution in [0.2, 0.25) is 13.1 Å². The largest absolute Gasteiger partial charge is 1.00 e. The zero-order chi connectivity index (χ0) is 19.8. The van der Waals surface area contributed by atoms with Gasteiger partial charge >= 0.3 is 184 Å². The van der Waals surface area contributed by atoms with Crippen LogP contribution >= 0.6 is 0 Å². The van der Waals surface area contributed by atoms with E-state index in [1.54, 1.807) is 33.4 Å². The Kier molecular flexibility index (Phi) is 6.88. The Labute approximate surface area is 207 Å². The van der Waals surface area contributed by atoms with Gasteiger partial charge in [0.15, 0.2) is 0 Å². The summed E-state index contributed by atoms with van der Waals surface area (Å²) in [6, 6.07) is 18.8. The second-order valence-corrected chi connectivity index (χ2v) is 17.8. The second kappa shape index (κ2) is 8.51. The number of fused-ring (bicyclic) bond motifs is 6. The van der Waals surface area contributed by atoms with Crippen molar-refractivity contribution in [3.8, 4) is 0 Å². The average Bonchev–Trinajstić information content (AvgIpc) is 3.17. The first-order valence-electron chi connectivity index (χ1n) is 10.8. The first kappa shape index (κ1) is 24.2. The topological polar surface area (TPSA) is 0 Å². The van der Waals surface area contributed by atoms with Crippen LogP contribution in [0.5, 0.6) is 0 Å². The molecule has 1 fully saturated rings. The number of hydrogen-bond donors (Lipinski definition) is 0. The molecule has 4 heteroatoms. The van der Waals surface area contributed by atoms with Crippen molar-refractivity contribution in [2.45, 2.75) is 48.0 Å². The third-order valence-electron chi connectivity index (χ3n) is 7.12. The molecule has 0 amide bonds. The molecule has 30 heavy (non-hydrogen) atoms. The molecule has 1 saturated heterocycles. The molecule has 2 aliphatic carbocycles. The van der Waals surface area contributed by atoms with E-state index >= 15 is 0 Å². The van der Waals surface area contributed by atoms with Crippen molar-refractivity contribution in [3.63, 3.8) is 0 Å². The molecule has 0 bridgehead atoms. The molecule has 2 aromatic rings. The zero-order valence-electron chi connectivity index (χ0n) is 18.7. The van der Waals surface area contributed by atoms with E-state index in [2.05, 4.69) is 89.3 Å². The summed E-state index contributed by atoms with van der Waals surface area (Å²) in [5.74, 6) is 1.24. The minimum Gasteiger partial charge on any atom is -1.00 e. The predicted molar refractivity (Wildman–Crippen MR) is 119 cm³/mol. The zero-order valence-corrected chi connectivity index (χ0v) is 23.7. The van der Waals surface area contributed by atoms with Gasteiger partial charge in [-0.15, -0.1) is 0 Å². The quantitative estimate of drug-likeness (QED) is 0.511. The number of halogens is 2. The Morgan fingerprint density at radius 2 is 1.03 bits per heavy atom. The summed E-state index contributed by atoms with van der Waals surface area (Å²) < 4.78 is 1.60. The van der Waals surface area contributed by atoms with E-state index in [4.69, 9.17) is 0 Å². The maximum Gasteiger partial charge on any atom is -1.00 e. The Morgan fingerprint density at radius 3 is 1.40 bits per heavy atom. The van der Waals surface area contributed by atoms with Crippen molar-refractivity contribution >= 4 is 19.2 Å². The number of hydrogen-bond acceptors (Lipinski definition) is 0. The molecule has 156 valence electrons. The van der Waals surface area contributed by atoms with Gasteiger partial charge in [0, 0.05) is 0 Å². The molecule has 2 aromatic carbocycles.